The Balaban J connectivity index is 2.36. The van der Waals surface area contributed by atoms with E-state index in [1.54, 1.807) is 18.0 Å². The molecular formula is C19H25NO3. The smallest absolute Gasteiger partial charge is 0.306 e. The first-order valence-electron chi connectivity index (χ1n) is 7.94. The molecule has 0 bridgehead atoms. The topological polar surface area (TPSA) is 46.6 Å². The van der Waals surface area contributed by atoms with Crippen molar-refractivity contribution in [2.45, 2.75) is 45.1 Å². The normalized spacial score (nSPS) is 20.9. The Morgan fingerprint density at radius 1 is 1.30 bits per heavy atom. The van der Waals surface area contributed by atoms with E-state index in [-0.39, 0.29) is 30.1 Å². The first-order chi connectivity index (χ1) is 10.7. The fourth-order valence-corrected chi connectivity index (χ4v) is 3.12. The first-order valence-corrected chi connectivity index (χ1v) is 7.94. The molecule has 1 heterocycles. The van der Waals surface area contributed by atoms with E-state index in [0.29, 0.717) is 6.42 Å². The molecule has 0 saturated heterocycles. The van der Waals surface area contributed by atoms with Gasteiger partial charge in [-0.1, -0.05) is 24.3 Å². The van der Waals surface area contributed by atoms with Crippen molar-refractivity contribution < 1.29 is 14.3 Å². The summed E-state index contributed by atoms with van der Waals surface area (Å²) < 4.78 is 5.45. The van der Waals surface area contributed by atoms with Gasteiger partial charge in [0, 0.05) is 24.6 Å². The van der Waals surface area contributed by atoms with Crippen molar-refractivity contribution in [3.63, 3.8) is 0 Å². The zero-order chi connectivity index (χ0) is 17.2. The molecule has 1 amide bonds. The summed E-state index contributed by atoms with van der Waals surface area (Å²) in [5, 5.41) is 0. The van der Waals surface area contributed by atoms with E-state index >= 15 is 0 Å². The van der Waals surface area contributed by atoms with Gasteiger partial charge in [-0.2, -0.15) is 0 Å². The third-order valence-corrected chi connectivity index (χ3v) is 4.06. The molecule has 0 unspecified atom stereocenters. The molecule has 0 aliphatic carbocycles. The summed E-state index contributed by atoms with van der Waals surface area (Å²) >= 11 is 0. The minimum Gasteiger partial charge on any atom is -0.460 e. The van der Waals surface area contributed by atoms with Gasteiger partial charge in [-0.05, 0) is 38.8 Å². The summed E-state index contributed by atoms with van der Waals surface area (Å²) in [6.45, 7) is 9.30. The average Bonchev–Trinajstić information content (AvgIpc) is 2.46. The van der Waals surface area contributed by atoms with Gasteiger partial charge in [0.05, 0.1) is 6.42 Å². The van der Waals surface area contributed by atoms with Crippen LogP contribution in [0.1, 0.15) is 45.1 Å². The molecular weight excluding hydrogens is 290 g/mol. The van der Waals surface area contributed by atoms with Crippen molar-refractivity contribution in [2.75, 3.05) is 11.9 Å². The van der Waals surface area contributed by atoms with Crippen LogP contribution in [0.2, 0.25) is 0 Å². The van der Waals surface area contributed by atoms with E-state index in [1.165, 1.54) is 0 Å². The maximum absolute atomic E-state index is 12.7. The van der Waals surface area contributed by atoms with Crippen LogP contribution < -0.4 is 4.90 Å². The summed E-state index contributed by atoms with van der Waals surface area (Å²) in [4.78, 5) is 26.7. The van der Waals surface area contributed by atoms with Crippen LogP contribution in [0.4, 0.5) is 5.69 Å². The van der Waals surface area contributed by atoms with Crippen LogP contribution in [0.5, 0.6) is 0 Å². The Bertz CT molecular complexity index is 615. The van der Waals surface area contributed by atoms with Crippen molar-refractivity contribution in [3.05, 3.63) is 42.5 Å². The number of amides is 1. The number of hydrogen-bond donors (Lipinski definition) is 0. The number of hydrogen-bond acceptors (Lipinski definition) is 3. The van der Waals surface area contributed by atoms with Crippen LogP contribution in [-0.2, 0) is 14.3 Å². The van der Waals surface area contributed by atoms with Crippen LogP contribution in [0.15, 0.2) is 36.9 Å². The Labute approximate surface area is 138 Å². The number of rotatable bonds is 4. The molecule has 0 N–H and O–H groups in total. The van der Waals surface area contributed by atoms with Crippen molar-refractivity contribution in [2.24, 2.45) is 5.92 Å². The van der Waals surface area contributed by atoms with Gasteiger partial charge in [0.1, 0.15) is 5.60 Å². The number of esters is 1. The molecule has 4 heteroatoms. The quantitative estimate of drug-likeness (QED) is 0.629. The lowest BCUT2D eigenvalue weighted by atomic mass is 9.77. The molecule has 2 rings (SSSR count). The van der Waals surface area contributed by atoms with Gasteiger partial charge < -0.3 is 9.64 Å². The zero-order valence-electron chi connectivity index (χ0n) is 14.3. The van der Waals surface area contributed by atoms with Crippen molar-refractivity contribution in [1.82, 2.24) is 0 Å². The molecule has 1 aliphatic rings. The zero-order valence-corrected chi connectivity index (χ0v) is 14.3. The first kappa shape index (κ1) is 17.3. The van der Waals surface area contributed by atoms with Gasteiger partial charge in [-0.15, -0.1) is 6.58 Å². The number of ether oxygens (including phenoxy) is 1. The van der Waals surface area contributed by atoms with Crippen LogP contribution in [0.25, 0.3) is 0 Å². The Morgan fingerprint density at radius 3 is 2.57 bits per heavy atom. The molecule has 1 aliphatic heterocycles. The van der Waals surface area contributed by atoms with E-state index in [9.17, 15) is 9.59 Å². The molecule has 0 radical (unpaired) electrons. The molecule has 4 nitrogen and oxygen atoms in total. The van der Waals surface area contributed by atoms with Gasteiger partial charge in [0.15, 0.2) is 0 Å². The highest BCUT2D eigenvalue weighted by molar-refractivity contribution is 5.99. The van der Waals surface area contributed by atoms with Gasteiger partial charge in [0.2, 0.25) is 5.91 Å². The van der Waals surface area contributed by atoms with Crippen molar-refractivity contribution in [1.29, 1.82) is 0 Å². The van der Waals surface area contributed by atoms with Crippen LogP contribution in [-0.4, -0.2) is 24.5 Å². The predicted molar refractivity (Wildman–Crippen MR) is 91.4 cm³/mol. The number of benzene rings is 1. The number of anilines is 1. The molecule has 23 heavy (non-hydrogen) atoms. The lowest BCUT2D eigenvalue weighted by molar-refractivity contribution is -0.155. The van der Waals surface area contributed by atoms with Gasteiger partial charge in [-0.3, -0.25) is 9.59 Å². The highest BCUT2D eigenvalue weighted by Crippen LogP contribution is 2.42. The lowest BCUT2D eigenvalue weighted by Crippen LogP contribution is -2.41. The van der Waals surface area contributed by atoms with E-state index in [2.05, 4.69) is 6.58 Å². The molecule has 0 aromatic heterocycles. The van der Waals surface area contributed by atoms with Crippen LogP contribution >= 0.6 is 0 Å². The number of carbonyl (C=O) groups is 2. The molecule has 0 saturated carbocycles. The standard InChI is InChI=1S/C19H25NO3/c1-6-9-14-15(12-17(21)23-19(2,3)4)13-10-7-8-11-16(13)20(5)18(14)22/h6-8,10-11,14-15H,1,9,12H2,2-5H3/t14-,15-/m0/s1. The Hall–Kier alpha value is -2.10. The minimum atomic E-state index is -0.528. The number of carbonyl (C=O) groups excluding carboxylic acids is 2. The number of nitrogens with zero attached hydrogens (tertiary/aromatic N) is 1. The van der Waals surface area contributed by atoms with Crippen LogP contribution in [0, 0.1) is 5.92 Å². The van der Waals surface area contributed by atoms with E-state index in [0.717, 1.165) is 11.3 Å². The second-order valence-electron chi connectivity index (χ2n) is 6.98. The van der Waals surface area contributed by atoms with Crippen molar-refractivity contribution in [3.8, 4) is 0 Å². The van der Waals surface area contributed by atoms with E-state index in [1.807, 2.05) is 45.0 Å². The van der Waals surface area contributed by atoms with E-state index < -0.39 is 5.60 Å². The second-order valence-corrected chi connectivity index (χ2v) is 6.98. The molecule has 0 fully saturated rings. The summed E-state index contributed by atoms with van der Waals surface area (Å²) in [6, 6.07) is 7.75. The summed E-state index contributed by atoms with van der Waals surface area (Å²) in [5.41, 5.74) is 1.36. The lowest BCUT2D eigenvalue weighted by Gasteiger charge is -2.37. The van der Waals surface area contributed by atoms with E-state index in [4.69, 9.17) is 4.74 Å². The predicted octanol–water partition coefficient (Wildman–Crippen LogP) is 3.67. The fraction of sp³-hybridized carbons (Fsp3) is 0.474. The Kier molecular flexibility index (Phi) is 4.93. The Morgan fingerprint density at radius 2 is 1.96 bits per heavy atom. The molecule has 2 atom stereocenters. The highest BCUT2D eigenvalue weighted by Gasteiger charge is 2.39. The summed E-state index contributed by atoms with van der Waals surface area (Å²) in [7, 11) is 1.78. The van der Waals surface area contributed by atoms with Gasteiger partial charge in [-0.25, -0.2) is 0 Å². The monoisotopic (exact) mass is 315 g/mol. The third kappa shape index (κ3) is 3.81. The fourth-order valence-electron chi connectivity index (χ4n) is 3.12. The van der Waals surface area contributed by atoms with Crippen LogP contribution in [0.3, 0.4) is 0 Å². The van der Waals surface area contributed by atoms with Crippen molar-refractivity contribution >= 4 is 17.6 Å². The average molecular weight is 315 g/mol. The van der Waals surface area contributed by atoms with Gasteiger partial charge in [0.25, 0.3) is 0 Å². The second kappa shape index (κ2) is 6.57. The molecule has 0 spiro atoms. The molecule has 1 aromatic carbocycles. The largest absolute Gasteiger partial charge is 0.460 e. The minimum absolute atomic E-state index is 0.0251. The summed E-state index contributed by atoms with van der Waals surface area (Å²) in [5.74, 6) is -0.705. The SMILES string of the molecule is C=CC[C@@H]1C(=O)N(C)c2ccccc2[C@@H]1CC(=O)OC(C)(C)C. The number of fused-ring (bicyclic) bond motifs is 1. The maximum atomic E-state index is 12.7. The maximum Gasteiger partial charge on any atom is 0.306 e. The third-order valence-electron chi connectivity index (χ3n) is 4.06. The number of allylic oxidation sites excluding steroid dienone is 1. The number of para-hydroxylation sites is 1. The highest BCUT2D eigenvalue weighted by atomic mass is 16.6. The summed E-state index contributed by atoms with van der Waals surface area (Å²) in [6.07, 6.45) is 2.49. The van der Waals surface area contributed by atoms with Gasteiger partial charge >= 0.3 is 5.97 Å². The molecule has 124 valence electrons. The molecule has 1 aromatic rings.